The molecule has 6 aromatic rings. The second-order valence-corrected chi connectivity index (χ2v) is 11.5. The molecule has 3 heteroatoms. The molecule has 5 aromatic carbocycles. The van der Waals surface area contributed by atoms with Crippen LogP contribution in [-0.4, -0.2) is 7.11 Å². The van der Waals surface area contributed by atoms with Crippen molar-refractivity contribution in [3.63, 3.8) is 0 Å². The van der Waals surface area contributed by atoms with Crippen molar-refractivity contribution in [2.75, 3.05) is 12.0 Å². The average Bonchev–Trinajstić information content (AvgIpc) is 3.50. The summed E-state index contributed by atoms with van der Waals surface area (Å²) in [6.07, 6.45) is 10.8. The van der Waals surface area contributed by atoms with Crippen molar-refractivity contribution in [3.05, 3.63) is 179 Å². The van der Waals surface area contributed by atoms with Gasteiger partial charge in [-0.1, -0.05) is 127 Å². The van der Waals surface area contributed by atoms with Crippen LogP contribution in [0, 0.1) is 6.92 Å². The predicted octanol–water partition coefficient (Wildman–Crippen LogP) is 11.2. The maximum absolute atomic E-state index is 5.27. The normalized spacial score (nSPS) is 11.3. The fourth-order valence-electron chi connectivity index (χ4n) is 5.19. The lowest BCUT2D eigenvalue weighted by atomic mass is 9.98. The van der Waals surface area contributed by atoms with E-state index in [-0.39, 0.29) is 0 Å². The number of hydrogen-bond acceptors (Lipinski definition) is 3. The molecule has 0 saturated carbocycles. The molecule has 0 atom stereocenters. The van der Waals surface area contributed by atoms with Gasteiger partial charge in [-0.25, -0.2) is 0 Å². The molecule has 0 radical (unpaired) electrons. The summed E-state index contributed by atoms with van der Waals surface area (Å²) in [7, 11) is 1.69. The molecular weight excluding hydrogens is 543 g/mol. The van der Waals surface area contributed by atoms with Gasteiger partial charge in [-0.05, 0) is 64.9 Å². The van der Waals surface area contributed by atoms with Gasteiger partial charge in [0.15, 0.2) is 0 Å². The molecule has 0 unspecified atom stereocenters. The zero-order chi connectivity index (χ0) is 29.4. The van der Waals surface area contributed by atoms with Crippen LogP contribution in [0.3, 0.4) is 0 Å². The summed E-state index contributed by atoms with van der Waals surface area (Å²) in [4.78, 5) is 3.63. The molecule has 0 saturated heterocycles. The molecule has 0 bridgehead atoms. The molecule has 0 fully saturated rings. The number of hydrogen-bond donors (Lipinski definition) is 0. The molecule has 1 aromatic heterocycles. The molecule has 2 nitrogen and oxygen atoms in total. The number of thiophene rings is 1. The van der Waals surface area contributed by atoms with Crippen LogP contribution in [0.25, 0.3) is 28.5 Å². The molecule has 0 aliphatic carbocycles. The highest BCUT2D eigenvalue weighted by Crippen LogP contribution is 2.39. The third-order valence-corrected chi connectivity index (χ3v) is 8.38. The van der Waals surface area contributed by atoms with E-state index in [1.807, 2.05) is 12.1 Å². The lowest BCUT2D eigenvalue weighted by Gasteiger charge is -2.24. The predicted molar refractivity (Wildman–Crippen MR) is 186 cm³/mol. The van der Waals surface area contributed by atoms with Crippen molar-refractivity contribution in [2.45, 2.75) is 6.92 Å². The molecule has 0 aliphatic heterocycles. The molecule has 0 spiro atoms. The molecule has 210 valence electrons. The van der Waals surface area contributed by atoms with Crippen LogP contribution >= 0.6 is 11.3 Å². The van der Waals surface area contributed by atoms with Gasteiger partial charge >= 0.3 is 0 Å². The van der Waals surface area contributed by atoms with Crippen LogP contribution in [0.15, 0.2) is 152 Å². The van der Waals surface area contributed by atoms with E-state index in [4.69, 9.17) is 4.74 Å². The van der Waals surface area contributed by atoms with E-state index in [1.165, 1.54) is 42.9 Å². The topological polar surface area (TPSA) is 12.5 Å². The zero-order valence-electron chi connectivity index (χ0n) is 24.4. The van der Waals surface area contributed by atoms with E-state index in [0.717, 1.165) is 17.0 Å². The summed E-state index contributed by atoms with van der Waals surface area (Å²) in [5.41, 5.74) is 6.99. The maximum Gasteiger partial charge on any atom is 0.118 e. The van der Waals surface area contributed by atoms with Gasteiger partial charge in [0, 0.05) is 22.0 Å². The minimum absolute atomic E-state index is 0.862. The molecule has 0 N–H and O–H groups in total. The molecule has 0 aliphatic rings. The van der Waals surface area contributed by atoms with Gasteiger partial charge in [0.25, 0.3) is 0 Å². The van der Waals surface area contributed by atoms with Crippen molar-refractivity contribution in [1.29, 1.82) is 0 Å². The second-order valence-electron chi connectivity index (χ2n) is 10.2. The quantitative estimate of drug-likeness (QED) is 0.159. The van der Waals surface area contributed by atoms with Crippen molar-refractivity contribution < 1.29 is 4.74 Å². The Bertz CT molecular complexity index is 1860. The van der Waals surface area contributed by atoms with Crippen LogP contribution in [0.5, 0.6) is 5.75 Å². The Balaban J connectivity index is 1.43. The monoisotopic (exact) mass is 575 g/mol. The highest BCUT2D eigenvalue weighted by molar-refractivity contribution is 7.16. The van der Waals surface area contributed by atoms with Crippen molar-refractivity contribution >= 4 is 50.5 Å². The number of benzene rings is 5. The first-order valence-corrected chi connectivity index (χ1v) is 15.2. The molecule has 1 heterocycles. The Morgan fingerprint density at radius 3 is 1.88 bits per heavy atom. The van der Waals surface area contributed by atoms with Crippen molar-refractivity contribution in [1.82, 2.24) is 0 Å². The summed E-state index contributed by atoms with van der Waals surface area (Å²) in [6.45, 7) is 2.16. The number of ether oxygens (including phenoxy) is 1. The van der Waals surface area contributed by atoms with E-state index in [9.17, 15) is 0 Å². The Kier molecular flexibility index (Phi) is 8.63. The zero-order valence-corrected chi connectivity index (χ0v) is 25.2. The average molecular weight is 576 g/mol. The van der Waals surface area contributed by atoms with Crippen molar-refractivity contribution in [2.24, 2.45) is 0 Å². The summed E-state index contributed by atoms with van der Waals surface area (Å²) in [5.74, 6) is 0.862. The lowest BCUT2D eigenvalue weighted by molar-refractivity contribution is 0.415. The minimum Gasteiger partial charge on any atom is -0.497 e. The highest BCUT2D eigenvalue weighted by Gasteiger charge is 2.16. The van der Waals surface area contributed by atoms with E-state index in [2.05, 4.69) is 164 Å². The number of methoxy groups -OCH3 is 1. The summed E-state index contributed by atoms with van der Waals surface area (Å²) in [5, 5.41) is 3.59. The summed E-state index contributed by atoms with van der Waals surface area (Å²) >= 11 is 1.80. The van der Waals surface area contributed by atoms with Crippen LogP contribution in [-0.2, 0) is 0 Å². The summed E-state index contributed by atoms with van der Waals surface area (Å²) in [6, 6.07) is 46.9. The van der Waals surface area contributed by atoms with Gasteiger partial charge in [-0.3, -0.25) is 0 Å². The fourth-order valence-corrected chi connectivity index (χ4v) is 6.04. The largest absolute Gasteiger partial charge is 0.497 e. The number of aryl methyl sites for hydroxylation is 1. The first kappa shape index (κ1) is 28.0. The van der Waals surface area contributed by atoms with Gasteiger partial charge in [0.05, 0.1) is 17.8 Å². The number of fused-ring (bicyclic) bond motifs is 1. The third-order valence-electron chi connectivity index (χ3n) is 7.38. The Morgan fingerprint density at radius 1 is 0.628 bits per heavy atom. The SMILES string of the molecule is COc1ccc(/C=C/C=C/c2ccc(N(C=C(c3ccccc3)c3ccccc3)c3ccc(C)s3)c3ccccc23)cc1. The number of allylic oxidation sites excluding steroid dienone is 2. The molecule has 43 heavy (non-hydrogen) atoms. The van der Waals surface area contributed by atoms with E-state index in [0.29, 0.717) is 0 Å². The molecular formula is C40H33NOS. The van der Waals surface area contributed by atoms with Gasteiger partial charge < -0.3 is 9.64 Å². The maximum atomic E-state index is 5.27. The minimum atomic E-state index is 0.862. The molecule has 0 amide bonds. The lowest BCUT2D eigenvalue weighted by Crippen LogP contribution is -2.09. The van der Waals surface area contributed by atoms with Gasteiger partial charge in [-0.15, -0.1) is 11.3 Å². The van der Waals surface area contributed by atoms with Crippen LogP contribution in [0.4, 0.5) is 10.7 Å². The van der Waals surface area contributed by atoms with E-state index < -0.39 is 0 Å². The van der Waals surface area contributed by atoms with Gasteiger partial charge in [-0.2, -0.15) is 0 Å². The Labute approximate surface area is 258 Å². The Morgan fingerprint density at radius 2 is 1.26 bits per heavy atom. The van der Waals surface area contributed by atoms with E-state index in [1.54, 1.807) is 18.4 Å². The van der Waals surface area contributed by atoms with Crippen LogP contribution < -0.4 is 9.64 Å². The number of nitrogens with zero attached hydrogens (tertiary/aromatic N) is 1. The number of anilines is 2. The Hall–Kier alpha value is -5.12. The fraction of sp³-hybridized carbons (Fsp3) is 0.0500. The summed E-state index contributed by atoms with van der Waals surface area (Å²) < 4.78 is 5.27. The van der Waals surface area contributed by atoms with Gasteiger partial charge in [0.2, 0.25) is 0 Å². The second kappa shape index (κ2) is 13.2. The van der Waals surface area contributed by atoms with Crippen LogP contribution in [0.1, 0.15) is 27.1 Å². The van der Waals surface area contributed by atoms with Gasteiger partial charge in [0.1, 0.15) is 5.75 Å². The smallest absolute Gasteiger partial charge is 0.118 e. The standard InChI is InChI=1S/C40H33NOS/c1-30-21-28-40(43-30)41(29-38(32-14-5-3-6-15-32)33-16-7-4-8-17-33)39-27-24-34(36-19-11-12-20-37(36)39)18-10-9-13-31-22-25-35(42-2)26-23-31/h3-29H,1-2H3/b13-9+,18-10+. The number of rotatable bonds is 9. The third kappa shape index (κ3) is 6.53. The highest BCUT2D eigenvalue weighted by atomic mass is 32.1. The first-order valence-electron chi connectivity index (χ1n) is 14.4. The van der Waals surface area contributed by atoms with Crippen molar-refractivity contribution in [3.8, 4) is 5.75 Å². The first-order chi connectivity index (χ1) is 21.2. The molecule has 6 rings (SSSR count). The van der Waals surface area contributed by atoms with E-state index >= 15 is 0 Å². The van der Waals surface area contributed by atoms with Crippen LogP contribution in [0.2, 0.25) is 0 Å².